The van der Waals surface area contributed by atoms with Crippen molar-refractivity contribution >= 4 is 33.2 Å². The van der Waals surface area contributed by atoms with Gasteiger partial charge in [-0.25, -0.2) is 9.78 Å². The summed E-state index contributed by atoms with van der Waals surface area (Å²) in [7, 11) is 0. The summed E-state index contributed by atoms with van der Waals surface area (Å²) in [5.41, 5.74) is 9.70. The average Bonchev–Trinajstić information content (AvgIpc) is 2.85. The molecule has 2 aromatic heterocycles. The number of nitrogens with two attached hydrogens (primary N) is 1. The van der Waals surface area contributed by atoms with E-state index in [0.29, 0.717) is 23.6 Å². The van der Waals surface area contributed by atoms with Crippen LogP contribution in [0.1, 0.15) is 26.5 Å². The first-order valence-corrected chi connectivity index (χ1v) is 8.25. The molecule has 0 radical (unpaired) electrons. The van der Waals surface area contributed by atoms with Crippen LogP contribution in [0.5, 0.6) is 0 Å². The number of benzene rings is 1. The molecule has 0 aliphatic carbocycles. The topological polar surface area (TPSA) is 65.2 Å². The number of anilines is 1. The molecule has 0 spiro atoms. The number of thiophene rings is 1. The highest BCUT2D eigenvalue weighted by molar-refractivity contribution is 7.21. The molecule has 0 aliphatic rings. The SMILES string of the molecule is Cc1cc(C)c2c(N)c(C(=O)OCCc3ccccc3)sc2n1. The molecular formula is C18H18N2O2S. The Morgan fingerprint density at radius 1 is 1.26 bits per heavy atom. The minimum Gasteiger partial charge on any atom is -0.461 e. The molecule has 0 fully saturated rings. The molecule has 5 heteroatoms. The zero-order chi connectivity index (χ0) is 16.4. The molecule has 0 saturated heterocycles. The third-order valence-electron chi connectivity index (χ3n) is 3.68. The number of fused-ring (bicyclic) bond motifs is 1. The van der Waals surface area contributed by atoms with Crippen molar-refractivity contribution in [2.45, 2.75) is 20.3 Å². The van der Waals surface area contributed by atoms with Crippen molar-refractivity contribution in [2.24, 2.45) is 0 Å². The van der Waals surface area contributed by atoms with E-state index in [9.17, 15) is 4.79 Å². The Morgan fingerprint density at radius 2 is 2.00 bits per heavy atom. The average molecular weight is 326 g/mol. The highest BCUT2D eigenvalue weighted by Gasteiger charge is 2.20. The van der Waals surface area contributed by atoms with Crippen LogP contribution >= 0.6 is 11.3 Å². The van der Waals surface area contributed by atoms with E-state index < -0.39 is 0 Å². The molecule has 118 valence electrons. The largest absolute Gasteiger partial charge is 0.461 e. The second-order valence-corrected chi connectivity index (χ2v) is 6.48. The van der Waals surface area contributed by atoms with Gasteiger partial charge in [-0.1, -0.05) is 30.3 Å². The van der Waals surface area contributed by atoms with Crippen LogP contribution in [0, 0.1) is 13.8 Å². The fourth-order valence-electron chi connectivity index (χ4n) is 2.59. The van der Waals surface area contributed by atoms with E-state index in [-0.39, 0.29) is 5.97 Å². The predicted molar refractivity (Wildman–Crippen MR) is 93.9 cm³/mol. The summed E-state index contributed by atoms with van der Waals surface area (Å²) in [5, 5.41) is 0.857. The van der Waals surface area contributed by atoms with Gasteiger partial charge in [-0.2, -0.15) is 0 Å². The number of carbonyl (C=O) groups is 1. The van der Waals surface area contributed by atoms with Gasteiger partial charge in [-0.15, -0.1) is 11.3 Å². The summed E-state index contributed by atoms with van der Waals surface area (Å²) in [6.45, 7) is 4.24. The number of pyridine rings is 1. The molecule has 0 unspecified atom stereocenters. The summed E-state index contributed by atoms with van der Waals surface area (Å²) >= 11 is 1.30. The Hall–Kier alpha value is -2.40. The van der Waals surface area contributed by atoms with E-state index in [1.807, 2.05) is 50.2 Å². The molecule has 2 N–H and O–H groups in total. The molecule has 4 nitrogen and oxygen atoms in total. The van der Waals surface area contributed by atoms with Crippen LogP contribution in [0.15, 0.2) is 36.4 Å². The normalized spacial score (nSPS) is 10.9. The van der Waals surface area contributed by atoms with Crippen molar-refractivity contribution in [1.82, 2.24) is 4.98 Å². The first kappa shape index (κ1) is 15.5. The molecule has 1 aromatic carbocycles. The zero-order valence-corrected chi connectivity index (χ0v) is 13.9. The van der Waals surface area contributed by atoms with Crippen LogP contribution in [0.3, 0.4) is 0 Å². The van der Waals surface area contributed by atoms with Gasteiger partial charge >= 0.3 is 5.97 Å². The van der Waals surface area contributed by atoms with E-state index in [4.69, 9.17) is 10.5 Å². The Balaban J connectivity index is 1.76. The molecular weight excluding hydrogens is 308 g/mol. The maximum Gasteiger partial charge on any atom is 0.350 e. The van der Waals surface area contributed by atoms with Gasteiger partial charge < -0.3 is 10.5 Å². The Kier molecular flexibility index (Phi) is 4.30. The lowest BCUT2D eigenvalue weighted by Gasteiger charge is -2.04. The van der Waals surface area contributed by atoms with Crippen molar-refractivity contribution in [1.29, 1.82) is 0 Å². The summed E-state index contributed by atoms with van der Waals surface area (Å²) in [6, 6.07) is 11.9. The number of aromatic nitrogens is 1. The van der Waals surface area contributed by atoms with E-state index in [0.717, 1.165) is 27.0 Å². The van der Waals surface area contributed by atoms with Crippen molar-refractivity contribution < 1.29 is 9.53 Å². The zero-order valence-electron chi connectivity index (χ0n) is 13.1. The highest BCUT2D eigenvalue weighted by Crippen LogP contribution is 2.35. The van der Waals surface area contributed by atoms with E-state index in [1.165, 1.54) is 11.3 Å². The van der Waals surface area contributed by atoms with Gasteiger partial charge in [-0.05, 0) is 31.0 Å². The third-order valence-corrected chi connectivity index (χ3v) is 4.76. The monoisotopic (exact) mass is 326 g/mol. The fraction of sp³-hybridized carbons (Fsp3) is 0.222. The van der Waals surface area contributed by atoms with Crippen molar-refractivity contribution in [3.05, 3.63) is 58.1 Å². The van der Waals surface area contributed by atoms with Crippen LogP contribution in [-0.2, 0) is 11.2 Å². The van der Waals surface area contributed by atoms with Crippen LogP contribution in [0.4, 0.5) is 5.69 Å². The lowest BCUT2D eigenvalue weighted by molar-refractivity contribution is 0.0516. The quantitative estimate of drug-likeness (QED) is 0.739. The number of esters is 1. The summed E-state index contributed by atoms with van der Waals surface area (Å²) in [6.07, 6.45) is 0.688. The maximum absolute atomic E-state index is 12.3. The molecule has 0 amide bonds. The molecule has 0 saturated carbocycles. The van der Waals surface area contributed by atoms with Crippen LogP contribution < -0.4 is 5.73 Å². The molecule has 3 aromatic rings. The third kappa shape index (κ3) is 3.19. The minimum atomic E-state index is -0.376. The molecule has 0 bridgehead atoms. The number of hydrogen-bond donors (Lipinski definition) is 1. The minimum absolute atomic E-state index is 0.335. The number of hydrogen-bond acceptors (Lipinski definition) is 5. The van der Waals surface area contributed by atoms with Crippen molar-refractivity contribution in [3.63, 3.8) is 0 Å². The second kappa shape index (κ2) is 6.38. The summed E-state index contributed by atoms with van der Waals surface area (Å²) < 4.78 is 5.38. The number of nitrogen functional groups attached to an aromatic ring is 1. The predicted octanol–water partition coefficient (Wildman–Crippen LogP) is 3.89. The van der Waals surface area contributed by atoms with Crippen LogP contribution in [0.2, 0.25) is 0 Å². The van der Waals surface area contributed by atoms with Gasteiger partial charge in [0.25, 0.3) is 0 Å². The maximum atomic E-state index is 12.3. The van der Waals surface area contributed by atoms with Gasteiger partial charge in [-0.3, -0.25) is 0 Å². The lowest BCUT2D eigenvalue weighted by atomic mass is 10.1. The number of rotatable bonds is 4. The standard InChI is InChI=1S/C18H18N2O2S/c1-11-10-12(2)20-17-14(11)15(19)16(23-17)18(21)22-9-8-13-6-4-3-5-7-13/h3-7,10H,8-9,19H2,1-2H3. The highest BCUT2D eigenvalue weighted by atomic mass is 32.1. The number of aryl methyl sites for hydroxylation is 2. The van der Waals surface area contributed by atoms with E-state index >= 15 is 0 Å². The molecule has 0 aliphatic heterocycles. The van der Waals surface area contributed by atoms with Crippen molar-refractivity contribution in [3.8, 4) is 0 Å². The van der Waals surface area contributed by atoms with Crippen molar-refractivity contribution in [2.75, 3.05) is 12.3 Å². The van der Waals surface area contributed by atoms with Crippen LogP contribution in [0.25, 0.3) is 10.2 Å². The Bertz CT molecular complexity index is 856. The number of carbonyl (C=O) groups excluding carboxylic acids is 1. The van der Waals surface area contributed by atoms with Crippen LogP contribution in [-0.4, -0.2) is 17.6 Å². The first-order chi connectivity index (χ1) is 11.1. The van der Waals surface area contributed by atoms with E-state index in [1.54, 1.807) is 0 Å². The number of ether oxygens (including phenoxy) is 1. The molecule has 3 rings (SSSR count). The van der Waals surface area contributed by atoms with Gasteiger partial charge in [0.1, 0.15) is 9.71 Å². The summed E-state index contributed by atoms with van der Waals surface area (Å²) in [5.74, 6) is -0.376. The smallest absolute Gasteiger partial charge is 0.350 e. The van der Waals surface area contributed by atoms with Gasteiger partial charge in [0.15, 0.2) is 0 Å². The Morgan fingerprint density at radius 3 is 2.74 bits per heavy atom. The van der Waals surface area contributed by atoms with E-state index in [2.05, 4.69) is 4.98 Å². The molecule has 0 atom stereocenters. The Labute approximate surface area is 138 Å². The summed E-state index contributed by atoms with van der Waals surface area (Å²) in [4.78, 5) is 18.0. The number of nitrogens with zero attached hydrogens (tertiary/aromatic N) is 1. The lowest BCUT2D eigenvalue weighted by Crippen LogP contribution is -2.08. The fourth-order valence-corrected chi connectivity index (χ4v) is 3.70. The second-order valence-electron chi connectivity index (χ2n) is 5.48. The van der Waals surface area contributed by atoms with Gasteiger partial charge in [0.05, 0.1) is 12.3 Å². The molecule has 2 heterocycles. The first-order valence-electron chi connectivity index (χ1n) is 7.43. The van der Waals surface area contributed by atoms with Gasteiger partial charge in [0.2, 0.25) is 0 Å². The van der Waals surface area contributed by atoms with Gasteiger partial charge in [0, 0.05) is 17.5 Å². The molecule has 23 heavy (non-hydrogen) atoms.